The molecule has 27 heavy (non-hydrogen) atoms. The predicted molar refractivity (Wildman–Crippen MR) is 105 cm³/mol. The number of furan rings is 1. The quantitative estimate of drug-likeness (QED) is 0.369. The van der Waals surface area contributed by atoms with E-state index < -0.39 is 0 Å². The highest BCUT2D eigenvalue weighted by molar-refractivity contribution is 7.71. The summed E-state index contributed by atoms with van der Waals surface area (Å²) in [5.74, 6) is 7.13. The van der Waals surface area contributed by atoms with Gasteiger partial charge in [-0.2, -0.15) is 10.2 Å². The molecule has 0 amide bonds. The number of nitrogens with one attached hydrogen (secondary N) is 1. The third-order valence-electron chi connectivity index (χ3n) is 4.32. The van der Waals surface area contributed by atoms with Gasteiger partial charge in [-0.15, -0.1) is 0 Å². The summed E-state index contributed by atoms with van der Waals surface area (Å²) in [6.07, 6.45) is 0. The summed E-state index contributed by atoms with van der Waals surface area (Å²) in [6, 6.07) is 21.6. The normalized spacial score (nSPS) is 11.3. The topological polar surface area (TPSA) is 90.6 Å². The minimum Gasteiger partial charge on any atom is -0.454 e. The highest BCUT2D eigenvalue weighted by atomic mass is 32.1. The van der Waals surface area contributed by atoms with Gasteiger partial charge < -0.3 is 10.3 Å². The molecule has 0 aliphatic rings. The number of nitrogens with zero attached hydrogens (tertiary/aromatic N) is 4. The molecule has 0 spiro atoms. The molecule has 0 aliphatic heterocycles. The monoisotopic (exact) mass is 374 g/mol. The fourth-order valence-electron chi connectivity index (χ4n) is 3.03. The fraction of sp³-hybridized carbons (Fsp3) is 0. The van der Waals surface area contributed by atoms with E-state index in [1.54, 1.807) is 0 Å². The molecule has 0 unspecified atom stereocenters. The summed E-state index contributed by atoms with van der Waals surface area (Å²) in [5, 5.41) is 12.6. The minimum atomic E-state index is 0.324. The van der Waals surface area contributed by atoms with Crippen LogP contribution in [0.2, 0.25) is 0 Å². The summed E-state index contributed by atoms with van der Waals surface area (Å²) < 4.78 is 9.49. The first-order valence-corrected chi connectivity index (χ1v) is 8.69. The lowest BCUT2D eigenvalue weighted by atomic mass is 10.2. The molecule has 0 aliphatic carbocycles. The number of benzene rings is 2. The highest BCUT2D eigenvalue weighted by Crippen LogP contribution is 2.31. The average molecular weight is 374 g/mol. The maximum atomic E-state index is 6.05. The van der Waals surface area contributed by atoms with E-state index in [1.807, 2.05) is 71.4 Å². The molecule has 0 radical (unpaired) electrons. The summed E-state index contributed by atoms with van der Waals surface area (Å²) in [7, 11) is 0. The van der Waals surface area contributed by atoms with E-state index in [-0.39, 0.29) is 0 Å². The van der Waals surface area contributed by atoms with E-state index in [4.69, 9.17) is 27.6 Å². The molecular formula is C19H14N6OS. The summed E-state index contributed by atoms with van der Waals surface area (Å²) in [4.78, 5) is 0. The van der Waals surface area contributed by atoms with Crippen molar-refractivity contribution in [1.82, 2.24) is 24.7 Å². The molecule has 0 saturated heterocycles. The van der Waals surface area contributed by atoms with Crippen LogP contribution in [0.25, 0.3) is 39.6 Å². The molecule has 5 aromatic rings. The largest absolute Gasteiger partial charge is 0.454 e. The number of hydrogen-bond donors (Lipinski definition) is 2. The van der Waals surface area contributed by atoms with Crippen molar-refractivity contribution in [3.8, 4) is 28.7 Å². The van der Waals surface area contributed by atoms with Crippen LogP contribution in [-0.2, 0) is 0 Å². The van der Waals surface area contributed by atoms with Crippen molar-refractivity contribution in [2.45, 2.75) is 0 Å². The van der Waals surface area contributed by atoms with Crippen LogP contribution in [0.15, 0.2) is 71.1 Å². The second-order valence-corrected chi connectivity index (χ2v) is 6.42. The van der Waals surface area contributed by atoms with Crippen LogP contribution in [-0.4, -0.2) is 24.7 Å². The lowest BCUT2D eigenvalue weighted by molar-refractivity contribution is 0.624. The predicted octanol–water partition coefficient (Wildman–Crippen LogP) is 3.92. The second kappa shape index (κ2) is 5.96. The van der Waals surface area contributed by atoms with Gasteiger partial charge in [0, 0.05) is 5.39 Å². The Morgan fingerprint density at radius 3 is 2.52 bits per heavy atom. The molecule has 0 atom stereocenters. The van der Waals surface area contributed by atoms with Crippen molar-refractivity contribution >= 4 is 23.2 Å². The van der Waals surface area contributed by atoms with Crippen molar-refractivity contribution < 1.29 is 4.42 Å². The fourth-order valence-corrected chi connectivity index (χ4v) is 3.16. The van der Waals surface area contributed by atoms with E-state index in [9.17, 15) is 0 Å². The van der Waals surface area contributed by atoms with E-state index in [2.05, 4.69) is 10.2 Å². The zero-order valence-corrected chi connectivity index (χ0v) is 14.9. The third-order valence-corrected chi connectivity index (χ3v) is 4.61. The van der Waals surface area contributed by atoms with Gasteiger partial charge in [-0.25, -0.2) is 14.5 Å². The Kier molecular flexibility index (Phi) is 3.44. The molecule has 5 rings (SSSR count). The number of H-pyrrole nitrogens is 1. The van der Waals surface area contributed by atoms with Crippen molar-refractivity contribution in [2.24, 2.45) is 0 Å². The van der Waals surface area contributed by atoms with Crippen LogP contribution < -0.4 is 5.84 Å². The molecule has 3 aromatic heterocycles. The van der Waals surface area contributed by atoms with Crippen LogP contribution in [0.5, 0.6) is 0 Å². The van der Waals surface area contributed by atoms with Crippen LogP contribution in [0.1, 0.15) is 0 Å². The summed E-state index contributed by atoms with van der Waals surface area (Å²) in [6.45, 7) is 0. The molecule has 8 heteroatoms. The van der Waals surface area contributed by atoms with Gasteiger partial charge in [-0.3, -0.25) is 0 Å². The number of aromatic amines is 1. The smallest absolute Gasteiger partial charge is 0.214 e. The lowest BCUT2D eigenvalue weighted by Crippen LogP contribution is -2.10. The van der Waals surface area contributed by atoms with Crippen LogP contribution in [0.4, 0.5) is 0 Å². The standard InChI is InChI=1S/C19H14N6OS/c20-24-18(21-22-19(24)27)14-11-15(25(23-14)13-7-2-1-3-8-13)17-10-12-6-4-5-9-16(12)26-17/h1-11H,20H2,(H,22,27). The maximum Gasteiger partial charge on any atom is 0.214 e. The van der Waals surface area contributed by atoms with Gasteiger partial charge in [0.15, 0.2) is 5.76 Å². The van der Waals surface area contributed by atoms with Gasteiger partial charge in [0.1, 0.15) is 17.0 Å². The van der Waals surface area contributed by atoms with Gasteiger partial charge in [0.25, 0.3) is 0 Å². The lowest BCUT2D eigenvalue weighted by Gasteiger charge is -2.04. The Bertz CT molecular complexity index is 1280. The second-order valence-electron chi connectivity index (χ2n) is 6.03. The first-order valence-electron chi connectivity index (χ1n) is 8.28. The zero-order chi connectivity index (χ0) is 18.4. The summed E-state index contributed by atoms with van der Waals surface area (Å²) >= 11 is 5.11. The molecule has 7 nitrogen and oxygen atoms in total. The number of nitrogen functional groups attached to an aromatic ring is 1. The number of hydrogen-bond acceptors (Lipinski definition) is 5. The molecule has 0 bridgehead atoms. The first kappa shape index (κ1) is 15.6. The summed E-state index contributed by atoms with van der Waals surface area (Å²) in [5.41, 5.74) is 3.10. The van der Waals surface area contributed by atoms with E-state index in [0.717, 1.165) is 22.4 Å². The molecule has 0 fully saturated rings. The molecule has 3 heterocycles. The van der Waals surface area contributed by atoms with E-state index in [1.165, 1.54) is 4.68 Å². The molecule has 0 saturated carbocycles. The average Bonchev–Trinajstić information content (AvgIpc) is 3.40. The van der Waals surface area contributed by atoms with Crippen molar-refractivity contribution in [3.63, 3.8) is 0 Å². The molecule has 2 aromatic carbocycles. The number of rotatable bonds is 3. The van der Waals surface area contributed by atoms with E-state index >= 15 is 0 Å². The Morgan fingerprint density at radius 1 is 1.00 bits per heavy atom. The van der Waals surface area contributed by atoms with Gasteiger partial charge in [-0.05, 0) is 42.5 Å². The van der Waals surface area contributed by atoms with Crippen LogP contribution >= 0.6 is 12.2 Å². The Balaban J connectivity index is 1.75. The van der Waals surface area contributed by atoms with Crippen molar-refractivity contribution in [2.75, 3.05) is 5.84 Å². The van der Waals surface area contributed by atoms with Gasteiger partial charge in [0.05, 0.1) is 5.69 Å². The molecule has 132 valence electrons. The van der Waals surface area contributed by atoms with Crippen LogP contribution in [0, 0.1) is 4.77 Å². The molecular weight excluding hydrogens is 360 g/mol. The van der Waals surface area contributed by atoms with E-state index in [0.29, 0.717) is 22.0 Å². The van der Waals surface area contributed by atoms with Crippen molar-refractivity contribution in [3.05, 3.63) is 71.5 Å². The maximum absolute atomic E-state index is 6.05. The third kappa shape index (κ3) is 2.54. The minimum absolute atomic E-state index is 0.324. The highest BCUT2D eigenvalue weighted by Gasteiger charge is 2.19. The van der Waals surface area contributed by atoms with Gasteiger partial charge in [0.2, 0.25) is 10.6 Å². The number of aromatic nitrogens is 5. The number of nitrogens with two attached hydrogens (primary N) is 1. The van der Waals surface area contributed by atoms with Crippen molar-refractivity contribution in [1.29, 1.82) is 0 Å². The van der Waals surface area contributed by atoms with Crippen LogP contribution in [0.3, 0.4) is 0 Å². The SMILES string of the molecule is Nn1c(-c2cc(-c3cc4ccccc4o3)n(-c3ccccc3)n2)n[nH]c1=S. The number of fused-ring (bicyclic) bond motifs is 1. The first-order chi connectivity index (χ1) is 13.2. The Labute approximate surface area is 158 Å². The Hall–Kier alpha value is -3.65. The number of para-hydroxylation sites is 2. The van der Waals surface area contributed by atoms with Gasteiger partial charge >= 0.3 is 0 Å². The molecule has 3 N–H and O–H groups in total. The Morgan fingerprint density at radius 2 is 1.78 bits per heavy atom. The van der Waals surface area contributed by atoms with Gasteiger partial charge in [-0.1, -0.05) is 36.4 Å². The zero-order valence-electron chi connectivity index (χ0n) is 14.0.